The summed E-state index contributed by atoms with van der Waals surface area (Å²) in [6, 6.07) is 22.7. The first kappa shape index (κ1) is 18.2. The third kappa shape index (κ3) is 4.52. The van der Waals surface area contributed by atoms with E-state index in [9.17, 15) is 0 Å². The molecule has 1 saturated heterocycles. The lowest BCUT2D eigenvalue weighted by molar-refractivity contribution is 0.108. The molecule has 1 radical (unpaired) electrons. The van der Waals surface area contributed by atoms with E-state index in [0.717, 1.165) is 12.8 Å². The van der Waals surface area contributed by atoms with Gasteiger partial charge in [-0.25, -0.2) is 0 Å². The first-order valence-corrected chi connectivity index (χ1v) is 9.94. The summed E-state index contributed by atoms with van der Waals surface area (Å²) >= 11 is 0. The number of piperidine rings is 1. The Hall–Kier alpha value is -1.60. The summed E-state index contributed by atoms with van der Waals surface area (Å²) < 4.78 is 0. The van der Waals surface area contributed by atoms with Crippen LogP contribution in [0.25, 0.3) is 0 Å². The lowest BCUT2D eigenvalue weighted by Crippen LogP contribution is -2.38. The van der Waals surface area contributed by atoms with E-state index in [2.05, 4.69) is 79.4 Å². The van der Waals surface area contributed by atoms with Crippen molar-refractivity contribution in [3.63, 3.8) is 0 Å². The van der Waals surface area contributed by atoms with E-state index < -0.39 is 0 Å². The summed E-state index contributed by atoms with van der Waals surface area (Å²) in [6.07, 6.45) is 6.20. The minimum atomic E-state index is 0.498. The SMILES string of the molecule is [CH2]CCC(c1ccccc1)C(C)C(c1ccccc1)N1CCCCC1. The summed E-state index contributed by atoms with van der Waals surface area (Å²) in [4.78, 5) is 2.74. The predicted octanol–water partition coefficient (Wildman–Crippen LogP) is 6.25. The Labute approximate surface area is 154 Å². The molecule has 1 aliphatic heterocycles. The normalized spacial score (nSPS) is 19.3. The van der Waals surface area contributed by atoms with Gasteiger partial charge in [0.1, 0.15) is 0 Å². The fourth-order valence-corrected chi connectivity index (χ4v) is 4.57. The highest BCUT2D eigenvalue weighted by molar-refractivity contribution is 5.25. The summed E-state index contributed by atoms with van der Waals surface area (Å²) in [6.45, 7) is 9.09. The zero-order valence-electron chi connectivity index (χ0n) is 15.6. The second-order valence-electron chi connectivity index (χ2n) is 7.47. The summed E-state index contributed by atoms with van der Waals surface area (Å²) in [5, 5.41) is 0. The minimum Gasteiger partial charge on any atom is -0.296 e. The molecule has 1 heterocycles. The molecule has 133 valence electrons. The Morgan fingerprint density at radius 1 is 0.840 bits per heavy atom. The van der Waals surface area contributed by atoms with Gasteiger partial charge in [-0.1, -0.05) is 87.4 Å². The predicted molar refractivity (Wildman–Crippen MR) is 108 cm³/mol. The minimum absolute atomic E-state index is 0.498. The molecule has 0 N–H and O–H groups in total. The zero-order valence-corrected chi connectivity index (χ0v) is 15.6. The number of hydrogen-bond donors (Lipinski definition) is 0. The van der Waals surface area contributed by atoms with Gasteiger partial charge in [-0.05, 0) is 55.3 Å². The van der Waals surface area contributed by atoms with Crippen LogP contribution in [0.4, 0.5) is 0 Å². The topological polar surface area (TPSA) is 3.24 Å². The second-order valence-corrected chi connectivity index (χ2v) is 7.47. The van der Waals surface area contributed by atoms with Crippen LogP contribution in [0.1, 0.15) is 62.1 Å². The van der Waals surface area contributed by atoms with Gasteiger partial charge in [0.2, 0.25) is 0 Å². The number of rotatable bonds is 7. The van der Waals surface area contributed by atoms with Crippen LogP contribution >= 0.6 is 0 Å². The van der Waals surface area contributed by atoms with Crippen molar-refractivity contribution in [3.8, 4) is 0 Å². The van der Waals surface area contributed by atoms with Crippen LogP contribution in [0.15, 0.2) is 60.7 Å². The van der Waals surface area contributed by atoms with Gasteiger partial charge in [0.15, 0.2) is 0 Å². The van der Waals surface area contributed by atoms with Gasteiger partial charge < -0.3 is 0 Å². The number of benzene rings is 2. The molecule has 0 amide bonds. The maximum atomic E-state index is 4.16. The largest absolute Gasteiger partial charge is 0.296 e. The third-order valence-corrected chi connectivity index (χ3v) is 5.80. The third-order valence-electron chi connectivity index (χ3n) is 5.80. The molecule has 0 saturated carbocycles. The van der Waals surface area contributed by atoms with Crippen LogP contribution in [0.5, 0.6) is 0 Å². The fourth-order valence-electron chi connectivity index (χ4n) is 4.57. The van der Waals surface area contributed by atoms with Crippen molar-refractivity contribution in [3.05, 3.63) is 78.7 Å². The molecule has 2 aromatic rings. The van der Waals surface area contributed by atoms with Gasteiger partial charge in [0, 0.05) is 6.04 Å². The van der Waals surface area contributed by atoms with Crippen molar-refractivity contribution in [2.75, 3.05) is 13.1 Å². The molecule has 3 unspecified atom stereocenters. The van der Waals surface area contributed by atoms with Crippen LogP contribution in [-0.2, 0) is 0 Å². The van der Waals surface area contributed by atoms with Crippen LogP contribution in [-0.4, -0.2) is 18.0 Å². The molecule has 1 aliphatic rings. The monoisotopic (exact) mass is 334 g/mol. The Bertz CT molecular complexity index is 601. The van der Waals surface area contributed by atoms with Gasteiger partial charge in [-0.15, -0.1) is 0 Å². The molecule has 0 spiro atoms. The maximum absolute atomic E-state index is 4.16. The Balaban J connectivity index is 1.92. The number of hydrogen-bond acceptors (Lipinski definition) is 1. The molecule has 0 bridgehead atoms. The average molecular weight is 335 g/mol. The van der Waals surface area contributed by atoms with E-state index in [0.29, 0.717) is 17.9 Å². The Morgan fingerprint density at radius 3 is 1.96 bits per heavy atom. The zero-order chi connectivity index (χ0) is 17.5. The van der Waals surface area contributed by atoms with Crippen LogP contribution < -0.4 is 0 Å². The van der Waals surface area contributed by atoms with Crippen molar-refractivity contribution < 1.29 is 0 Å². The number of nitrogens with zero attached hydrogens (tertiary/aromatic N) is 1. The molecule has 3 atom stereocenters. The van der Waals surface area contributed by atoms with E-state index in [4.69, 9.17) is 0 Å². The van der Waals surface area contributed by atoms with E-state index in [1.165, 1.54) is 43.5 Å². The molecule has 0 aromatic heterocycles. The lowest BCUT2D eigenvalue weighted by atomic mass is 9.77. The van der Waals surface area contributed by atoms with Crippen molar-refractivity contribution in [1.29, 1.82) is 0 Å². The highest BCUT2D eigenvalue weighted by atomic mass is 15.2. The van der Waals surface area contributed by atoms with E-state index in [1.807, 2.05) is 0 Å². The molecule has 3 rings (SSSR count). The molecular weight excluding hydrogens is 302 g/mol. The highest BCUT2D eigenvalue weighted by Crippen LogP contribution is 2.41. The first-order valence-electron chi connectivity index (χ1n) is 9.94. The van der Waals surface area contributed by atoms with Crippen molar-refractivity contribution in [2.24, 2.45) is 5.92 Å². The average Bonchev–Trinajstić information content (AvgIpc) is 2.68. The van der Waals surface area contributed by atoms with Crippen molar-refractivity contribution in [2.45, 2.75) is 51.0 Å². The Kier molecular flexibility index (Phi) is 6.69. The summed E-state index contributed by atoms with van der Waals surface area (Å²) in [5.41, 5.74) is 2.94. The molecule has 1 nitrogen and oxygen atoms in total. The standard InChI is InChI=1S/C24H32N/c1-3-13-23(21-14-7-4-8-15-21)20(2)24(22-16-9-5-10-17-22)25-18-11-6-12-19-25/h4-5,7-10,14-17,20,23-24H,1,3,6,11-13,18-19H2,2H3. The molecule has 2 aromatic carbocycles. The molecule has 25 heavy (non-hydrogen) atoms. The van der Waals surface area contributed by atoms with Gasteiger partial charge in [-0.3, -0.25) is 4.90 Å². The summed E-state index contributed by atoms with van der Waals surface area (Å²) in [5.74, 6) is 1.13. The maximum Gasteiger partial charge on any atom is 0.0379 e. The van der Waals surface area contributed by atoms with E-state index >= 15 is 0 Å². The fraction of sp³-hybridized carbons (Fsp3) is 0.458. The molecule has 1 heteroatoms. The van der Waals surface area contributed by atoms with Gasteiger partial charge in [0.05, 0.1) is 0 Å². The lowest BCUT2D eigenvalue weighted by Gasteiger charge is -2.41. The molecule has 1 fully saturated rings. The summed E-state index contributed by atoms with van der Waals surface area (Å²) in [7, 11) is 0. The van der Waals surface area contributed by atoms with Gasteiger partial charge >= 0.3 is 0 Å². The molecule has 0 aliphatic carbocycles. The first-order chi connectivity index (χ1) is 12.3. The van der Waals surface area contributed by atoms with Gasteiger partial charge in [-0.2, -0.15) is 0 Å². The van der Waals surface area contributed by atoms with Crippen molar-refractivity contribution >= 4 is 0 Å². The molecular formula is C24H32N. The highest BCUT2D eigenvalue weighted by Gasteiger charge is 2.32. The van der Waals surface area contributed by atoms with Crippen LogP contribution in [0.2, 0.25) is 0 Å². The van der Waals surface area contributed by atoms with E-state index in [1.54, 1.807) is 0 Å². The van der Waals surface area contributed by atoms with Crippen LogP contribution in [0.3, 0.4) is 0 Å². The van der Waals surface area contributed by atoms with Crippen LogP contribution in [0, 0.1) is 12.8 Å². The van der Waals surface area contributed by atoms with Gasteiger partial charge in [0.25, 0.3) is 0 Å². The quantitative estimate of drug-likeness (QED) is 0.578. The smallest absolute Gasteiger partial charge is 0.0379 e. The Morgan fingerprint density at radius 2 is 1.40 bits per heavy atom. The van der Waals surface area contributed by atoms with Crippen molar-refractivity contribution in [1.82, 2.24) is 4.90 Å². The number of likely N-dealkylation sites (tertiary alicyclic amines) is 1. The van der Waals surface area contributed by atoms with E-state index in [-0.39, 0.29) is 0 Å². The second kappa shape index (κ2) is 9.20.